The lowest BCUT2D eigenvalue weighted by Gasteiger charge is -2.27. The molecule has 5 rings (SSSR count). The zero-order valence-electron chi connectivity index (χ0n) is 15.7. The van der Waals surface area contributed by atoms with Gasteiger partial charge >= 0.3 is 0 Å². The van der Waals surface area contributed by atoms with Crippen molar-refractivity contribution in [3.8, 4) is 11.3 Å². The second-order valence-corrected chi connectivity index (χ2v) is 7.98. The molecule has 0 aliphatic carbocycles. The zero-order valence-corrected chi connectivity index (χ0v) is 16.5. The average molecular weight is 387 g/mol. The Labute approximate surface area is 166 Å². The van der Waals surface area contributed by atoms with E-state index in [-0.39, 0.29) is 18.3 Å². The van der Waals surface area contributed by atoms with Crippen molar-refractivity contribution in [3.05, 3.63) is 41.6 Å². The summed E-state index contributed by atoms with van der Waals surface area (Å²) in [6.45, 7) is 1.62. The number of fused-ring (bicyclic) bond motifs is 3. The maximum Gasteiger partial charge on any atom is 0.227 e. The summed E-state index contributed by atoms with van der Waals surface area (Å²) < 4.78 is 2.02. The predicted molar refractivity (Wildman–Crippen MR) is 108 cm³/mol. The first-order valence-electron chi connectivity index (χ1n) is 9.85. The predicted octanol–water partition coefficient (Wildman–Crippen LogP) is 2.58. The minimum Gasteiger partial charge on any atom is -0.342 e. The lowest BCUT2D eigenvalue weighted by molar-refractivity contribution is -0.136. The Morgan fingerprint density at radius 2 is 1.93 bits per heavy atom. The van der Waals surface area contributed by atoms with Gasteiger partial charge in [-0.25, -0.2) is 0 Å². The number of halogens is 1. The largest absolute Gasteiger partial charge is 0.342 e. The van der Waals surface area contributed by atoms with Gasteiger partial charge in [0, 0.05) is 55.5 Å². The van der Waals surface area contributed by atoms with Crippen LogP contribution in [0.25, 0.3) is 11.3 Å². The van der Waals surface area contributed by atoms with Crippen LogP contribution in [-0.2, 0) is 24.7 Å². The molecule has 27 heavy (non-hydrogen) atoms. The summed E-state index contributed by atoms with van der Waals surface area (Å²) >= 11 is 0. The van der Waals surface area contributed by atoms with Crippen LogP contribution in [-0.4, -0.2) is 45.8 Å². The van der Waals surface area contributed by atoms with E-state index in [0.717, 1.165) is 44.5 Å². The minimum atomic E-state index is 0. The van der Waals surface area contributed by atoms with Crippen molar-refractivity contribution in [1.82, 2.24) is 20.0 Å². The number of aromatic nitrogens is 2. The van der Waals surface area contributed by atoms with Crippen molar-refractivity contribution in [3.63, 3.8) is 0 Å². The molecule has 1 aromatic heterocycles. The van der Waals surface area contributed by atoms with Crippen LogP contribution in [0.3, 0.4) is 0 Å². The summed E-state index contributed by atoms with van der Waals surface area (Å²) in [4.78, 5) is 15.2. The van der Waals surface area contributed by atoms with Gasteiger partial charge in [0.15, 0.2) is 0 Å². The molecule has 2 saturated heterocycles. The third-order valence-electron chi connectivity index (χ3n) is 6.50. The Bertz CT molecular complexity index is 834. The zero-order chi connectivity index (χ0) is 17.7. The standard InChI is InChI=1S/C21H26N4O.ClH/c1-24-19-10-12-25(21(26)17-13-15-7-8-18(17)22-15)11-9-16(19)20(23-24)14-5-3-2-4-6-14;/h2-6,15,17-18,22H,7-13H2,1H3;1H/t15-,17+,18+;/m1./s1. The van der Waals surface area contributed by atoms with Gasteiger partial charge in [0.25, 0.3) is 0 Å². The van der Waals surface area contributed by atoms with Crippen molar-refractivity contribution in [2.24, 2.45) is 13.0 Å². The van der Waals surface area contributed by atoms with Gasteiger partial charge in [-0.15, -0.1) is 12.4 Å². The van der Waals surface area contributed by atoms with Gasteiger partial charge in [-0.05, 0) is 25.7 Å². The first-order valence-corrected chi connectivity index (χ1v) is 9.85. The lowest BCUT2D eigenvalue weighted by Crippen LogP contribution is -2.42. The number of rotatable bonds is 2. The van der Waals surface area contributed by atoms with E-state index < -0.39 is 0 Å². The molecule has 3 aliphatic rings. The Hall–Kier alpha value is -1.85. The molecule has 1 aromatic carbocycles. The topological polar surface area (TPSA) is 50.2 Å². The molecule has 0 radical (unpaired) electrons. The van der Waals surface area contributed by atoms with E-state index in [1.807, 2.05) is 17.8 Å². The smallest absolute Gasteiger partial charge is 0.227 e. The Morgan fingerprint density at radius 1 is 1.15 bits per heavy atom. The number of carbonyl (C=O) groups is 1. The van der Waals surface area contributed by atoms with Crippen LogP contribution in [0.2, 0.25) is 0 Å². The van der Waals surface area contributed by atoms with Crippen LogP contribution in [0.5, 0.6) is 0 Å². The second-order valence-electron chi connectivity index (χ2n) is 7.98. The molecule has 3 aliphatic heterocycles. The van der Waals surface area contributed by atoms with Crippen molar-refractivity contribution >= 4 is 18.3 Å². The first kappa shape index (κ1) is 18.5. The second kappa shape index (κ2) is 7.28. The van der Waals surface area contributed by atoms with Gasteiger partial charge in [-0.1, -0.05) is 30.3 Å². The summed E-state index contributed by atoms with van der Waals surface area (Å²) in [5, 5.41) is 8.39. The normalized spacial score (nSPS) is 26.4. The van der Waals surface area contributed by atoms with Crippen LogP contribution in [0.15, 0.2) is 30.3 Å². The maximum absolute atomic E-state index is 13.1. The third kappa shape index (κ3) is 3.17. The molecule has 0 spiro atoms. The molecule has 0 unspecified atom stereocenters. The van der Waals surface area contributed by atoms with Gasteiger partial charge < -0.3 is 10.2 Å². The first-order chi connectivity index (χ1) is 12.7. The number of amides is 1. The third-order valence-corrected chi connectivity index (χ3v) is 6.50. The molecule has 144 valence electrons. The molecule has 3 atom stereocenters. The van der Waals surface area contributed by atoms with Gasteiger partial charge in [0.2, 0.25) is 5.91 Å². The Balaban J connectivity index is 0.00000180. The highest BCUT2D eigenvalue weighted by Gasteiger charge is 2.44. The Kier molecular flexibility index (Phi) is 4.99. The highest BCUT2D eigenvalue weighted by molar-refractivity contribution is 5.85. The van der Waals surface area contributed by atoms with E-state index in [1.54, 1.807) is 0 Å². The van der Waals surface area contributed by atoms with Gasteiger partial charge in [0.1, 0.15) is 0 Å². The Morgan fingerprint density at radius 3 is 2.63 bits per heavy atom. The highest BCUT2D eigenvalue weighted by Crippen LogP contribution is 2.35. The van der Waals surface area contributed by atoms with Crippen molar-refractivity contribution in [1.29, 1.82) is 0 Å². The molecule has 6 heteroatoms. The van der Waals surface area contributed by atoms with Crippen molar-refractivity contribution in [2.45, 2.75) is 44.2 Å². The van der Waals surface area contributed by atoms with Crippen LogP contribution in [0.1, 0.15) is 30.5 Å². The molecule has 2 aromatic rings. The van der Waals surface area contributed by atoms with E-state index >= 15 is 0 Å². The van der Waals surface area contributed by atoms with Gasteiger partial charge in [0.05, 0.1) is 11.6 Å². The molecule has 1 N–H and O–H groups in total. The molecule has 2 bridgehead atoms. The molecule has 1 amide bonds. The summed E-state index contributed by atoms with van der Waals surface area (Å²) in [5.74, 6) is 0.563. The summed E-state index contributed by atoms with van der Waals surface area (Å²) in [7, 11) is 2.03. The summed E-state index contributed by atoms with van der Waals surface area (Å²) in [5.41, 5.74) is 4.85. The molecule has 5 nitrogen and oxygen atoms in total. The summed E-state index contributed by atoms with van der Waals surface area (Å²) in [6.07, 6.45) is 5.23. The highest BCUT2D eigenvalue weighted by atomic mass is 35.5. The van der Waals surface area contributed by atoms with E-state index in [9.17, 15) is 4.79 Å². The quantitative estimate of drug-likeness (QED) is 0.863. The number of nitrogens with one attached hydrogen (secondary N) is 1. The fraction of sp³-hybridized carbons (Fsp3) is 0.524. The van der Waals surface area contributed by atoms with Crippen molar-refractivity contribution in [2.75, 3.05) is 13.1 Å². The van der Waals surface area contributed by atoms with E-state index in [4.69, 9.17) is 5.10 Å². The van der Waals surface area contributed by atoms with Crippen LogP contribution in [0.4, 0.5) is 0 Å². The van der Waals surface area contributed by atoms with Crippen molar-refractivity contribution < 1.29 is 4.79 Å². The molecule has 2 fully saturated rings. The lowest BCUT2D eigenvalue weighted by atomic mass is 9.88. The van der Waals surface area contributed by atoms with E-state index in [1.165, 1.54) is 23.2 Å². The van der Waals surface area contributed by atoms with Crippen LogP contribution < -0.4 is 5.32 Å². The van der Waals surface area contributed by atoms with Gasteiger partial charge in [-0.2, -0.15) is 5.10 Å². The number of carbonyl (C=O) groups excluding carboxylic acids is 1. The fourth-order valence-corrected chi connectivity index (χ4v) is 5.16. The van der Waals surface area contributed by atoms with Crippen LogP contribution >= 0.6 is 12.4 Å². The van der Waals surface area contributed by atoms with Gasteiger partial charge in [-0.3, -0.25) is 9.48 Å². The molecule has 4 heterocycles. The SMILES string of the molecule is Cl.Cn1nc(-c2ccccc2)c2c1CCN(C(=O)[C@H]1C[C@H]3CC[C@@H]1N3)CC2. The summed E-state index contributed by atoms with van der Waals surface area (Å²) in [6, 6.07) is 11.4. The minimum absolute atomic E-state index is 0. The number of nitrogens with zero attached hydrogens (tertiary/aromatic N) is 3. The molecular weight excluding hydrogens is 360 g/mol. The number of benzene rings is 1. The number of hydrogen-bond acceptors (Lipinski definition) is 3. The molecule has 0 saturated carbocycles. The van der Waals surface area contributed by atoms with E-state index in [2.05, 4.69) is 34.5 Å². The monoisotopic (exact) mass is 386 g/mol. The molecular formula is C21H27ClN4O. The fourth-order valence-electron chi connectivity index (χ4n) is 5.16. The van der Waals surface area contributed by atoms with Crippen LogP contribution in [0, 0.1) is 5.92 Å². The number of aryl methyl sites for hydroxylation is 1. The number of hydrogen-bond donors (Lipinski definition) is 1. The van der Waals surface area contributed by atoms with E-state index in [0.29, 0.717) is 18.0 Å². The maximum atomic E-state index is 13.1. The average Bonchev–Trinajstić information content (AvgIpc) is 3.33.